The standard InChI is InChI=1S/C14H18ClNO5S/c1-10-4-5-12(11(15)8-10)22(19,20)16-7-3-6-14(16,9-21-2)13(17)18/h4-5,8H,3,6-7,9H2,1-2H3,(H,17,18). The molecule has 0 aromatic heterocycles. The summed E-state index contributed by atoms with van der Waals surface area (Å²) in [5.74, 6) is -1.21. The van der Waals surface area contributed by atoms with Crippen molar-refractivity contribution in [3.63, 3.8) is 0 Å². The lowest BCUT2D eigenvalue weighted by atomic mass is 9.99. The summed E-state index contributed by atoms with van der Waals surface area (Å²) in [5.41, 5.74) is -0.756. The van der Waals surface area contributed by atoms with E-state index in [9.17, 15) is 18.3 Å². The van der Waals surface area contributed by atoms with Gasteiger partial charge in [0.25, 0.3) is 0 Å². The molecular weight excluding hydrogens is 330 g/mol. The number of hydrogen-bond acceptors (Lipinski definition) is 4. The molecule has 1 aromatic carbocycles. The third-order valence-corrected chi connectivity index (χ3v) is 6.31. The lowest BCUT2D eigenvalue weighted by molar-refractivity contribution is -0.150. The van der Waals surface area contributed by atoms with Crippen molar-refractivity contribution < 1.29 is 23.1 Å². The van der Waals surface area contributed by atoms with E-state index in [1.165, 1.54) is 13.2 Å². The molecule has 22 heavy (non-hydrogen) atoms. The molecule has 1 fully saturated rings. The van der Waals surface area contributed by atoms with Crippen LogP contribution in [-0.4, -0.2) is 49.6 Å². The number of rotatable bonds is 5. The Kier molecular flexibility index (Phi) is 4.81. The Morgan fingerprint density at radius 3 is 2.73 bits per heavy atom. The van der Waals surface area contributed by atoms with Crippen molar-refractivity contribution in [2.24, 2.45) is 0 Å². The average molecular weight is 348 g/mol. The number of nitrogens with zero attached hydrogens (tertiary/aromatic N) is 1. The Morgan fingerprint density at radius 2 is 2.18 bits per heavy atom. The molecule has 0 spiro atoms. The Bertz CT molecular complexity index is 690. The van der Waals surface area contributed by atoms with E-state index in [-0.39, 0.29) is 29.5 Å². The number of carboxylic acids is 1. The van der Waals surface area contributed by atoms with Gasteiger partial charge in [0, 0.05) is 13.7 Å². The van der Waals surface area contributed by atoms with Crippen LogP contribution in [0.1, 0.15) is 18.4 Å². The normalized spacial score (nSPS) is 22.9. The molecule has 1 aromatic rings. The minimum absolute atomic E-state index is 0.0802. The highest BCUT2D eigenvalue weighted by molar-refractivity contribution is 7.89. The number of carboxylic acid groups (broad SMARTS) is 1. The van der Waals surface area contributed by atoms with Crippen LogP contribution < -0.4 is 0 Å². The van der Waals surface area contributed by atoms with Crippen molar-refractivity contribution in [3.8, 4) is 0 Å². The second-order valence-corrected chi connectivity index (χ2v) is 7.62. The van der Waals surface area contributed by atoms with E-state index >= 15 is 0 Å². The van der Waals surface area contributed by atoms with Crippen LogP contribution in [-0.2, 0) is 19.6 Å². The van der Waals surface area contributed by atoms with Gasteiger partial charge in [-0.05, 0) is 37.5 Å². The quantitative estimate of drug-likeness (QED) is 0.879. The van der Waals surface area contributed by atoms with Crippen molar-refractivity contribution in [2.75, 3.05) is 20.3 Å². The molecule has 0 bridgehead atoms. The SMILES string of the molecule is COCC1(C(=O)O)CCCN1S(=O)(=O)c1ccc(C)cc1Cl. The van der Waals surface area contributed by atoms with Gasteiger partial charge in [-0.25, -0.2) is 8.42 Å². The first-order valence-electron chi connectivity index (χ1n) is 6.77. The highest BCUT2D eigenvalue weighted by atomic mass is 35.5. The number of methoxy groups -OCH3 is 1. The lowest BCUT2D eigenvalue weighted by Crippen LogP contribution is -2.55. The molecular formula is C14H18ClNO5S. The summed E-state index contributed by atoms with van der Waals surface area (Å²) in [5, 5.41) is 9.66. The van der Waals surface area contributed by atoms with Crippen LogP contribution in [0, 0.1) is 6.92 Å². The third kappa shape index (κ3) is 2.74. The van der Waals surface area contributed by atoms with E-state index in [4.69, 9.17) is 16.3 Å². The predicted octanol–water partition coefficient (Wildman–Crippen LogP) is 1.90. The highest BCUT2D eigenvalue weighted by Gasteiger charge is 2.53. The van der Waals surface area contributed by atoms with Crippen LogP contribution in [0.15, 0.2) is 23.1 Å². The molecule has 0 amide bonds. The van der Waals surface area contributed by atoms with Crippen LogP contribution in [0.2, 0.25) is 5.02 Å². The summed E-state index contributed by atoms with van der Waals surface area (Å²) in [4.78, 5) is 11.6. The van der Waals surface area contributed by atoms with Crippen molar-refractivity contribution in [1.82, 2.24) is 4.31 Å². The second kappa shape index (κ2) is 6.16. The molecule has 1 unspecified atom stereocenters. The number of halogens is 1. The number of carbonyl (C=O) groups is 1. The Hall–Kier alpha value is -1.15. The molecule has 2 rings (SSSR count). The van der Waals surface area contributed by atoms with Crippen LogP contribution in [0.3, 0.4) is 0 Å². The zero-order valence-electron chi connectivity index (χ0n) is 12.4. The van der Waals surface area contributed by atoms with Gasteiger partial charge >= 0.3 is 5.97 Å². The summed E-state index contributed by atoms with van der Waals surface area (Å²) in [6, 6.07) is 4.58. The van der Waals surface area contributed by atoms with Gasteiger partial charge in [-0.3, -0.25) is 4.79 Å². The Balaban J connectivity index is 2.54. The van der Waals surface area contributed by atoms with Gasteiger partial charge in [0.2, 0.25) is 10.0 Å². The fourth-order valence-electron chi connectivity index (χ4n) is 2.80. The van der Waals surface area contributed by atoms with Gasteiger partial charge in [-0.2, -0.15) is 4.31 Å². The van der Waals surface area contributed by atoms with Crippen molar-refractivity contribution in [3.05, 3.63) is 28.8 Å². The second-order valence-electron chi connectivity index (χ2n) is 5.38. The topological polar surface area (TPSA) is 83.9 Å². The van der Waals surface area contributed by atoms with E-state index in [1.807, 2.05) is 0 Å². The van der Waals surface area contributed by atoms with Crippen molar-refractivity contribution in [2.45, 2.75) is 30.2 Å². The maximum Gasteiger partial charge on any atom is 0.327 e. The molecule has 0 radical (unpaired) electrons. The first-order chi connectivity index (χ1) is 10.3. The summed E-state index contributed by atoms with van der Waals surface area (Å²) in [6.45, 7) is 1.72. The van der Waals surface area contributed by atoms with Gasteiger partial charge in [0.05, 0.1) is 11.6 Å². The molecule has 1 saturated heterocycles. The van der Waals surface area contributed by atoms with Gasteiger partial charge in [-0.1, -0.05) is 17.7 Å². The van der Waals surface area contributed by atoms with Crippen LogP contribution in [0.4, 0.5) is 0 Å². The lowest BCUT2D eigenvalue weighted by Gasteiger charge is -2.33. The number of sulfonamides is 1. The number of aliphatic carboxylic acids is 1. The number of ether oxygens (including phenoxy) is 1. The molecule has 1 atom stereocenters. The van der Waals surface area contributed by atoms with E-state index in [0.717, 1.165) is 9.87 Å². The highest BCUT2D eigenvalue weighted by Crippen LogP contribution is 2.37. The summed E-state index contributed by atoms with van der Waals surface area (Å²) in [7, 11) is -2.67. The predicted molar refractivity (Wildman–Crippen MR) is 81.6 cm³/mol. The van der Waals surface area contributed by atoms with Gasteiger partial charge in [-0.15, -0.1) is 0 Å². The zero-order chi connectivity index (χ0) is 16.5. The molecule has 1 aliphatic rings. The third-order valence-electron chi connectivity index (χ3n) is 3.87. The van der Waals surface area contributed by atoms with Crippen LogP contribution in [0.25, 0.3) is 0 Å². The van der Waals surface area contributed by atoms with Crippen LogP contribution >= 0.6 is 11.6 Å². The monoisotopic (exact) mass is 347 g/mol. The van der Waals surface area contributed by atoms with E-state index in [0.29, 0.717) is 6.42 Å². The minimum Gasteiger partial charge on any atom is -0.480 e. The Morgan fingerprint density at radius 1 is 1.50 bits per heavy atom. The van der Waals surface area contributed by atoms with Gasteiger partial charge < -0.3 is 9.84 Å². The minimum atomic E-state index is -4.02. The van der Waals surface area contributed by atoms with E-state index in [1.54, 1.807) is 19.1 Å². The Labute approximate surface area is 134 Å². The van der Waals surface area contributed by atoms with E-state index in [2.05, 4.69) is 0 Å². The molecule has 1 heterocycles. The summed E-state index contributed by atoms with van der Waals surface area (Å²) < 4.78 is 31.8. The average Bonchev–Trinajstić information content (AvgIpc) is 2.84. The molecule has 1 aliphatic heterocycles. The largest absolute Gasteiger partial charge is 0.480 e. The molecule has 8 heteroatoms. The fourth-order valence-corrected chi connectivity index (χ4v) is 5.16. The summed E-state index contributed by atoms with van der Waals surface area (Å²) >= 11 is 6.06. The zero-order valence-corrected chi connectivity index (χ0v) is 13.9. The molecule has 0 aliphatic carbocycles. The fraction of sp³-hybridized carbons (Fsp3) is 0.500. The van der Waals surface area contributed by atoms with Crippen LogP contribution in [0.5, 0.6) is 0 Å². The van der Waals surface area contributed by atoms with Crippen molar-refractivity contribution in [1.29, 1.82) is 0 Å². The van der Waals surface area contributed by atoms with Crippen molar-refractivity contribution >= 4 is 27.6 Å². The first-order valence-corrected chi connectivity index (χ1v) is 8.59. The van der Waals surface area contributed by atoms with Gasteiger partial charge in [0.15, 0.2) is 5.54 Å². The van der Waals surface area contributed by atoms with E-state index < -0.39 is 21.5 Å². The smallest absolute Gasteiger partial charge is 0.327 e. The number of aryl methyl sites for hydroxylation is 1. The number of hydrogen-bond donors (Lipinski definition) is 1. The maximum atomic E-state index is 12.9. The molecule has 1 N–H and O–H groups in total. The summed E-state index contributed by atoms with van der Waals surface area (Å²) in [6.07, 6.45) is 0.664. The maximum absolute atomic E-state index is 12.9. The molecule has 6 nitrogen and oxygen atoms in total. The number of benzene rings is 1. The molecule has 122 valence electrons. The molecule has 0 saturated carbocycles. The van der Waals surface area contributed by atoms with Gasteiger partial charge in [0.1, 0.15) is 4.90 Å². The first kappa shape index (κ1) is 17.2.